The van der Waals surface area contributed by atoms with Crippen molar-refractivity contribution in [1.82, 2.24) is 9.88 Å². The molecule has 1 saturated heterocycles. The van der Waals surface area contributed by atoms with Gasteiger partial charge in [0.15, 0.2) is 5.11 Å². The van der Waals surface area contributed by atoms with Crippen LogP contribution in [0.5, 0.6) is 0 Å². The molecule has 3 rings (SSSR count). The molecule has 0 atom stereocenters. The van der Waals surface area contributed by atoms with E-state index in [1.54, 1.807) is 18.2 Å². The summed E-state index contributed by atoms with van der Waals surface area (Å²) in [5.41, 5.74) is 4.36. The van der Waals surface area contributed by atoms with E-state index in [0.29, 0.717) is 10.7 Å². The standard InChI is InChI=1S/C20H20ClN3O2S/c1-5-23-12(3)8-14(13(23)4)9-16-18(25)22-20(27)24(19(16)26)15-7-6-11(2)17(21)10-15/h6-10H,5H2,1-4H3,(H,22,25,27)/b16-9+. The molecule has 1 aromatic carbocycles. The summed E-state index contributed by atoms with van der Waals surface area (Å²) >= 11 is 11.4. The van der Waals surface area contributed by atoms with E-state index in [9.17, 15) is 9.59 Å². The monoisotopic (exact) mass is 401 g/mol. The van der Waals surface area contributed by atoms with Crippen LogP contribution in [-0.4, -0.2) is 21.5 Å². The minimum atomic E-state index is -0.499. The predicted molar refractivity (Wildman–Crippen MR) is 112 cm³/mol. The van der Waals surface area contributed by atoms with E-state index >= 15 is 0 Å². The van der Waals surface area contributed by atoms with Crippen molar-refractivity contribution < 1.29 is 9.59 Å². The number of thiocarbonyl (C=S) groups is 1. The Morgan fingerprint density at radius 2 is 1.89 bits per heavy atom. The van der Waals surface area contributed by atoms with E-state index in [4.69, 9.17) is 23.8 Å². The summed E-state index contributed by atoms with van der Waals surface area (Å²) in [6.07, 6.45) is 1.62. The van der Waals surface area contributed by atoms with Crippen molar-refractivity contribution in [3.63, 3.8) is 0 Å². The van der Waals surface area contributed by atoms with Gasteiger partial charge in [-0.15, -0.1) is 0 Å². The maximum atomic E-state index is 13.1. The largest absolute Gasteiger partial charge is 0.349 e. The van der Waals surface area contributed by atoms with Crippen LogP contribution in [0.3, 0.4) is 0 Å². The van der Waals surface area contributed by atoms with Gasteiger partial charge in [-0.05, 0) is 75.3 Å². The second-order valence-electron chi connectivity index (χ2n) is 6.46. The Morgan fingerprint density at radius 3 is 2.48 bits per heavy atom. The number of anilines is 1. The number of carbonyl (C=O) groups excluding carboxylic acids is 2. The molecule has 2 amide bonds. The molecule has 1 N–H and O–H groups in total. The fourth-order valence-electron chi connectivity index (χ4n) is 3.23. The van der Waals surface area contributed by atoms with Crippen LogP contribution in [0, 0.1) is 20.8 Å². The van der Waals surface area contributed by atoms with Crippen molar-refractivity contribution in [3.8, 4) is 0 Å². The van der Waals surface area contributed by atoms with E-state index in [1.807, 2.05) is 32.9 Å². The second kappa shape index (κ2) is 7.29. The summed E-state index contributed by atoms with van der Waals surface area (Å²) in [5.74, 6) is -0.967. The van der Waals surface area contributed by atoms with Gasteiger partial charge in [0, 0.05) is 23.0 Å². The Kier molecular flexibility index (Phi) is 5.22. The van der Waals surface area contributed by atoms with Crippen LogP contribution in [0.1, 0.15) is 29.4 Å². The fourth-order valence-corrected chi connectivity index (χ4v) is 3.68. The van der Waals surface area contributed by atoms with E-state index in [0.717, 1.165) is 29.1 Å². The van der Waals surface area contributed by atoms with Crippen molar-refractivity contribution >= 4 is 52.5 Å². The number of nitrogens with zero attached hydrogens (tertiary/aromatic N) is 2. The highest BCUT2D eigenvalue weighted by molar-refractivity contribution is 7.80. The Morgan fingerprint density at radius 1 is 1.19 bits per heavy atom. The Hall–Kier alpha value is -2.44. The smallest absolute Gasteiger partial charge is 0.270 e. The van der Waals surface area contributed by atoms with Gasteiger partial charge in [-0.3, -0.25) is 19.8 Å². The van der Waals surface area contributed by atoms with Crippen molar-refractivity contribution in [2.24, 2.45) is 0 Å². The summed E-state index contributed by atoms with van der Waals surface area (Å²) < 4.78 is 2.12. The lowest BCUT2D eigenvalue weighted by atomic mass is 10.1. The topological polar surface area (TPSA) is 54.3 Å². The van der Waals surface area contributed by atoms with Crippen molar-refractivity contribution in [2.45, 2.75) is 34.2 Å². The third kappa shape index (κ3) is 3.42. The number of carbonyl (C=O) groups is 2. The molecule has 0 aliphatic carbocycles. The number of aryl methyl sites for hydroxylation is 2. The summed E-state index contributed by atoms with van der Waals surface area (Å²) in [5, 5.41) is 3.16. The Labute approximate surface area is 168 Å². The van der Waals surface area contributed by atoms with Crippen LogP contribution in [0.15, 0.2) is 29.8 Å². The van der Waals surface area contributed by atoms with Crippen LogP contribution in [0.4, 0.5) is 5.69 Å². The first-order valence-corrected chi connectivity index (χ1v) is 9.37. The van der Waals surface area contributed by atoms with Gasteiger partial charge in [0.1, 0.15) is 5.57 Å². The third-order valence-electron chi connectivity index (χ3n) is 4.74. The van der Waals surface area contributed by atoms with Gasteiger partial charge in [-0.25, -0.2) is 0 Å². The number of halogens is 1. The lowest BCUT2D eigenvalue weighted by Gasteiger charge is -2.29. The lowest BCUT2D eigenvalue weighted by Crippen LogP contribution is -2.54. The molecule has 0 radical (unpaired) electrons. The molecule has 1 aliphatic heterocycles. The van der Waals surface area contributed by atoms with Gasteiger partial charge >= 0.3 is 0 Å². The minimum absolute atomic E-state index is 0.0386. The van der Waals surface area contributed by atoms with Crippen molar-refractivity contribution in [3.05, 3.63) is 57.4 Å². The number of hydrogen-bond acceptors (Lipinski definition) is 3. The molecule has 0 spiro atoms. The van der Waals surface area contributed by atoms with Crippen LogP contribution >= 0.6 is 23.8 Å². The first kappa shape index (κ1) is 19.3. The molecule has 0 bridgehead atoms. The zero-order chi connectivity index (χ0) is 19.9. The fraction of sp³-hybridized carbons (Fsp3) is 0.250. The molecule has 2 heterocycles. The normalized spacial score (nSPS) is 16.3. The van der Waals surface area contributed by atoms with Crippen LogP contribution in [-0.2, 0) is 16.1 Å². The average Bonchev–Trinajstić information content (AvgIpc) is 2.87. The summed E-state index contributed by atoms with van der Waals surface area (Å²) in [7, 11) is 0. The zero-order valence-corrected chi connectivity index (χ0v) is 17.2. The van der Waals surface area contributed by atoms with Crippen LogP contribution in [0.2, 0.25) is 5.02 Å². The molecule has 140 valence electrons. The van der Waals surface area contributed by atoms with Gasteiger partial charge in [0.25, 0.3) is 11.8 Å². The van der Waals surface area contributed by atoms with Gasteiger partial charge in [-0.1, -0.05) is 17.7 Å². The highest BCUT2D eigenvalue weighted by atomic mass is 35.5. The van der Waals surface area contributed by atoms with Gasteiger partial charge in [0.2, 0.25) is 0 Å². The molecular weight excluding hydrogens is 382 g/mol. The number of hydrogen-bond donors (Lipinski definition) is 1. The highest BCUT2D eigenvalue weighted by Gasteiger charge is 2.34. The van der Waals surface area contributed by atoms with Gasteiger partial charge in [-0.2, -0.15) is 0 Å². The van der Waals surface area contributed by atoms with Crippen LogP contribution < -0.4 is 10.2 Å². The number of aromatic nitrogens is 1. The summed E-state index contributed by atoms with van der Waals surface area (Å²) in [6.45, 7) is 8.71. The molecular formula is C20H20ClN3O2S. The maximum Gasteiger partial charge on any atom is 0.270 e. The Balaban J connectivity index is 2.06. The molecule has 2 aromatic rings. The molecule has 1 aromatic heterocycles. The second-order valence-corrected chi connectivity index (χ2v) is 7.26. The van der Waals surface area contributed by atoms with E-state index in [1.165, 1.54) is 4.90 Å². The van der Waals surface area contributed by atoms with E-state index < -0.39 is 11.8 Å². The molecule has 1 aliphatic rings. The molecule has 27 heavy (non-hydrogen) atoms. The molecule has 0 saturated carbocycles. The Bertz CT molecular complexity index is 1010. The first-order chi connectivity index (χ1) is 12.7. The first-order valence-electron chi connectivity index (χ1n) is 8.59. The van der Waals surface area contributed by atoms with Crippen LogP contribution in [0.25, 0.3) is 6.08 Å². The minimum Gasteiger partial charge on any atom is -0.349 e. The highest BCUT2D eigenvalue weighted by Crippen LogP contribution is 2.27. The number of rotatable bonds is 3. The lowest BCUT2D eigenvalue weighted by molar-refractivity contribution is -0.122. The van der Waals surface area contributed by atoms with Crippen molar-refractivity contribution in [2.75, 3.05) is 4.90 Å². The van der Waals surface area contributed by atoms with Gasteiger partial charge in [0.05, 0.1) is 5.69 Å². The van der Waals surface area contributed by atoms with E-state index in [-0.39, 0.29) is 10.7 Å². The summed E-state index contributed by atoms with van der Waals surface area (Å²) in [6, 6.07) is 7.19. The molecule has 5 nitrogen and oxygen atoms in total. The SMILES string of the molecule is CCn1c(C)cc(/C=C2\C(=O)NC(=S)N(c3ccc(C)c(Cl)c3)C2=O)c1C. The number of benzene rings is 1. The van der Waals surface area contributed by atoms with Gasteiger partial charge < -0.3 is 4.57 Å². The van der Waals surface area contributed by atoms with Crippen molar-refractivity contribution in [1.29, 1.82) is 0 Å². The number of amides is 2. The predicted octanol–water partition coefficient (Wildman–Crippen LogP) is 3.92. The average molecular weight is 402 g/mol. The molecule has 7 heteroatoms. The summed E-state index contributed by atoms with van der Waals surface area (Å²) in [4.78, 5) is 26.8. The quantitative estimate of drug-likeness (QED) is 0.482. The zero-order valence-electron chi connectivity index (χ0n) is 15.6. The molecule has 0 unspecified atom stereocenters. The third-order valence-corrected chi connectivity index (χ3v) is 5.44. The number of nitrogens with one attached hydrogen (secondary N) is 1. The maximum absolute atomic E-state index is 13.1. The van der Waals surface area contributed by atoms with E-state index in [2.05, 4.69) is 16.8 Å². The molecule has 1 fully saturated rings.